The zero-order valence-electron chi connectivity index (χ0n) is 14.6. The van der Waals surface area contributed by atoms with Crippen molar-refractivity contribution in [1.29, 1.82) is 0 Å². The second-order valence-corrected chi connectivity index (χ2v) is 6.61. The van der Waals surface area contributed by atoms with Crippen molar-refractivity contribution in [1.82, 2.24) is 15.5 Å². The Kier molecular flexibility index (Phi) is 7.79. The minimum atomic E-state index is -0.395. The fourth-order valence-corrected chi connectivity index (χ4v) is 3.14. The normalized spacial score (nSPS) is 17.1. The third-order valence-electron chi connectivity index (χ3n) is 4.22. The van der Waals surface area contributed by atoms with E-state index in [-0.39, 0.29) is 5.02 Å². The van der Waals surface area contributed by atoms with E-state index in [0.29, 0.717) is 12.6 Å². The molecule has 2 rings (SSSR count). The van der Waals surface area contributed by atoms with Crippen LogP contribution in [0.5, 0.6) is 0 Å². The van der Waals surface area contributed by atoms with E-state index in [4.69, 9.17) is 11.6 Å². The lowest BCUT2D eigenvalue weighted by atomic mass is 10.1. The van der Waals surface area contributed by atoms with Crippen LogP contribution in [0.3, 0.4) is 0 Å². The van der Waals surface area contributed by atoms with Crippen molar-refractivity contribution < 1.29 is 4.39 Å². The van der Waals surface area contributed by atoms with Crippen molar-refractivity contribution in [3.8, 4) is 0 Å². The molecule has 4 nitrogen and oxygen atoms in total. The van der Waals surface area contributed by atoms with Gasteiger partial charge in [-0.2, -0.15) is 0 Å². The molecule has 0 radical (unpaired) electrons. The zero-order chi connectivity index (χ0) is 17.4. The number of nitrogens with one attached hydrogen (secondary N) is 2. The summed E-state index contributed by atoms with van der Waals surface area (Å²) in [7, 11) is 0. The lowest BCUT2D eigenvalue weighted by molar-refractivity contribution is 0.206. The van der Waals surface area contributed by atoms with E-state index in [9.17, 15) is 4.39 Å². The number of benzene rings is 1. The first-order chi connectivity index (χ1) is 11.6. The molecule has 2 N–H and O–H groups in total. The predicted molar refractivity (Wildman–Crippen MR) is 99.1 cm³/mol. The maximum Gasteiger partial charge on any atom is 0.191 e. The highest BCUT2D eigenvalue weighted by molar-refractivity contribution is 6.30. The largest absolute Gasteiger partial charge is 0.357 e. The highest BCUT2D eigenvalue weighted by Gasteiger charge is 2.19. The van der Waals surface area contributed by atoms with Crippen molar-refractivity contribution in [2.24, 2.45) is 4.99 Å². The summed E-state index contributed by atoms with van der Waals surface area (Å²) in [5, 5.41) is 6.94. The Hall–Kier alpha value is -1.33. The molecule has 1 aliphatic heterocycles. The first-order valence-corrected chi connectivity index (χ1v) is 9.21. The molecule has 6 heteroatoms. The Bertz CT molecular complexity index is 542. The van der Waals surface area contributed by atoms with Gasteiger partial charge in [-0.1, -0.05) is 24.6 Å². The standard InChI is InChI=1S/C18H28ClFN4/c1-3-9-24-10-7-15(8-11-24)23-18(21-4-2)22-13-14-5-6-17(20)16(19)12-14/h5-6,12,15H,3-4,7-11,13H2,1-2H3,(H2,21,22,23). The number of piperidine rings is 1. The van der Waals surface area contributed by atoms with Crippen LogP contribution < -0.4 is 10.6 Å². The van der Waals surface area contributed by atoms with Crippen LogP contribution in [-0.4, -0.2) is 43.1 Å². The van der Waals surface area contributed by atoms with Gasteiger partial charge in [-0.3, -0.25) is 0 Å². The first-order valence-electron chi connectivity index (χ1n) is 8.83. The minimum absolute atomic E-state index is 0.143. The molecule has 1 fully saturated rings. The van der Waals surface area contributed by atoms with Gasteiger partial charge in [-0.05, 0) is 50.4 Å². The van der Waals surface area contributed by atoms with Crippen LogP contribution in [0.1, 0.15) is 38.7 Å². The SMILES string of the molecule is CCCN1CCC(NC(=NCc2ccc(F)c(Cl)c2)NCC)CC1. The molecule has 0 bridgehead atoms. The second kappa shape index (κ2) is 9.84. The number of halogens is 2. The summed E-state index contributed by atoms with van der Waals surface area (Å²) in [4.78, 5) is 7.12. The predicted octanol–water partition coefficient (Wildman–Crippen LogP) is 3.41. The van der Waals surface area contributed by atoms with Crippen molar-refractivity contribution in [3.63, 3.8) is 0 Å². The van der Waals surface area contributed by atoms with Gasteiger partial charge in [0.1, 0.15) is 5.82 Å². The van der Waals surface area contributed by atoms with Gasteiger partial charge >= 0.3 is 0 Å². The average Bonchev–Trinajstić information content (AvgIpc) is 2.58. The molecule has 0 saturated carbocycles. The van der Waals surface area contributed by atoms with Gasteiger partial charge in [0.25, 0.3) is 0 Å². The smallest absolute Gasteiger partial charge is 0.191 e. The second-order valence-electron chi connectivity index (χ2n) is 6.20. The third-order valence-corrected chi connectivity index (χ3v) is 4.51. The van der Waals surface area contributed by atoms with Crippen LogP contribution in [0.25, 0.3) is 0 Å². The Morgan fingerprint density at radius 2 is 2.08 bits per heavy atom. The van der Waals surface area contributed by atoms with Gasteiger partial charge in [0.2, 0.25) is 0 Å². The van der Waals surface area contributed by atoms with Crippen LogP contribution in [0.15, 0.2) is 23.2 Å². The lowest BCUT2D eigenvalue weighted by Crippen LogP contribution is -2.48. The molecule has 0 aliphatic carbocycles. The van der Waals surface area contributed by atoms with Crippen LogP contribution in [-0.2, 0) is 6.54 Å². The topological polar surface area (TPSA) is 39.7 Å². The number of hydrogen-bond acceptors (Lipinski definition) is 2. The summed E-state index contributed by atoms with van der Waals surface area (Å²) in [6.07, 6.45) is 3.47. The minimum Gasteiger partial charge on any atom is -0.357 e. The average molecular weight is 355 g/mol. The zero-order valence-corrected chi connectivity index (χ0v) is 15.4. The first kappa shape index (κ1) is 19.0. The maximum atomic E-state index is 13.2. The fourth-order valence-electron chi connectivity index (χ4n) is 2.94. The van der Waals surface area contributed by atoms with E-state index in [2.05, 4.69) is 34.4 Å². The van der Waals surface area contributed by atoms with Crippen LogP contribution in [0, 0.1) is 5.82 Å². The molecule has 1 saturated heterocycles. The molecule has 1 heterocycles. The number of likely N-dealkylation sites (tertiary alicyclic amines) is 1. The van der Waals surface area contributed by atoms with E-state index < -0.39 is 5.82 Å². The number of hydrogen-bond donors (Lipinski definition) is 2. The van der Waals surface area contributed by atoms with E-state index in [1.165, 1.54) is 19.0 Å². The van der Waals surface area contributed by atoms with Crippen molar-refractivity contribution >= 4 is 17.6 Å². The highest BCUT2D eigenvalue weighted by atomic mass is 35.5. The number of guanidine groups is 1. The van der Waals surface area contributed by atoms with Gasteiger partial charge in [0.15, 0.2) is 5.96 Å². The molecule has 0 unspecified atom stereocenters. The highest BCUT2D eigenvalue weighted by Crippen LogP contribution is 2.16. The molecule has 0 spiro atoms. The van der Waals surface area contributed by atoms with E-state index in [0.717, 1.165) is 44.0 Å². The van der Waals surface area contributed by atoms with E-state index >= 15 is 0 Å². The van der Waals surface area contributed by atoms with Crippen molar-refractivity contribution in [2.45, 2.75) is 45.7 Å². The van der Waals surface area contributed by atoms with Crippen LogP contribution in [0.2, 0.25) is 5.02 Å². The van der Waals surface area contributed by atoms with Gasteiger partial charge in [-0.15, -0.1) is 0 Å². The summed E-state index contributed by atoms with van der Waals surface area (Å²) >= 11 is 5.83. The van der Waals surface area contributed by atoms with Crippen molar-refractivity contribution in [3.05, 3.63) is 34.6 Å². The Morgan fingerprint density at radius 3 is 2.71 bits per heavy atom. The molecular formula is C18H28ClFN4. The van der Waals surface area contributed by atoms with E-state index in [1.807, 2.05) is 0 Å². The van der Waals surface area contributed by atoms with Gasteiger partial charge in [-0.25, -0.2) is 9.38 Å². The summed E-state index contributed by atoms with van der Waals surface area (Å²) in [5.74, 6) is 0.417. The molecule has 1 aromatic rings. The van der Waals surface area contributed by atoms with Crippen LogP contribution >= 0.6 is 11.6 Å². The lowest BCUT2D eigenvalue weighted by Gasteiger charge is -2.32. The molecule has 24 heavy (non-hydrogen) atoms. The van der Waals surface area contributed by atoms with Gasteiger partial charge in [0.05, 0.1) is 11.6 Å². The number of aliphatic imine (C=N–C) groups is 1. The molecule has 1 aromatic carbocycles. The summed E-state index contributed by atoms with van der Waals surface area (Å²) < 4.78 is 13.2. The van der Waals surface area contributed by atoms with Crippen molar-refractivity contribution in [2.75, 3.05) is 26.2 Å². The Morgan fingerprint density at radius 1 is 1.33 bits per heavy atom. The summed E-state index contributed by atoms with van der Waals surface area (Å²) in [6, 6.07) is 5.19. The maximum absolute atomic E-state index is 13.2. The molecule has 0 aromatic heterocycles. The molecule has 134 valence electrons. The quantitative estimate of drug-likeness (QED) is 0.607. The monoisotopic (exact) mass is 354 g/mol. The molecule has 0 amide bonds. The molecular weight excluding hydrogens is 327 g/mol. The fraction of sp³-hybridized carbons (Fsp3) is 0.611. The molecule has 1 aliphatic rings. The number of nitrogens with zero attached hydrogens (tertiary/aromatic N) is 2. The summed E-state index contributed by atoms with van der Waals surface area (Å²) in [5.41, 5.74) is 0.899. The third kappa shape index (κ3) is 5.95. The van der Waals surface area contributed by atoms with Gasteiger partial charge < -0.3 is 15.5 Å². The Balaban J connectivity index is 1.90. The van der Waals surface area contributed by atoms with Crippen LogP contribution in [0.4, 0.5) is 4.39 Å². The Labute approximate surface area is 149 Å². The molecule has 0 atom stereocenters. The number of rotatable bonds is 6. The van der Waals surface area contributed by atoms with E-state index in [1.54, 1.807) is 12.1 Å². The van der Waals surface area contributed by atoms with Gasteiger partial charge in [0, 0.05) is 25.7 Å². The summed E-state index contributed by atoms with van der Waals surface area (Å²) in [6.45, 7) is 9.02.